The Morgan fingerprint density at radius 3 is 2.71 bits per heavy atom. The molecule has 0 radical (unpaired) electrons. The summed E-state index contributed by atoms with van der Waals surface area (Å²) in [6.45, 7) is 5.93. The maximum Gasteiger partial charge on any atom is 0.238 e. The molecule has 1 heterocycles. The number of carbonyl (C=O) groups excluding carboxylic acids is 1. The van der Waals surface area contributed by atoms with Crippen LogP contribution in [0.1, 0.15) is 46.0 Å². The van der Waals surface area contributed by atoms with Gasteiger partial charge in [0.2, 0.25) is 5.91 Å². The molecule has 0 aliphatic carbocycles. The first kappa shape index (κ1) is 14.5. The van der Waals surface area contributed by atoms with E-state index < -0.39 is 5.54 Å². The Kier molecular flexibility index (Phi) is 5.40. The van der Waals surface area contributed by atoms with Crippen LogP contribution in [0, 0.1) is 0 Å². The number of nitrogens with two attached hydrogens (primary N) is 1. The van der Waals surface area contributed by atoms with E-state index in [0.717, 1.165) is 19.5 Å². The molecule has 1 rings (SSSR count). The molecule has 100 valence electrons. The maximum absolute atomic E-state index is 11.5. The number of rotatable bonds is 5. The van der Waals surface area contributed by atoms with Crippen molar-refractivity contribution in [2.45, 2.75) is 57.5 Å². The normalized spacial score (nSPS) is 26.2. The molecule has 0 aromatic heterocycles. The zero-order valence-electron chi connectivity index (χ0n) is 11.5. The highest BCUT2D eigenvalue weighted by atomic mass is 16.1. The lowest BCUT2D eigenvalue weighted by atomic mass is 9.99. The van der Waals surface area contributed by atoms with Gasteiger partial charge >= 0.3 is 0 Å². The van der Waals surface area contributed by atoms with Crippen LogP contribution in [-0.2, 0) is 4.79 Å². The minimum atomic E-state index is -0.613. The number of hydrogen-bond donors (Lipinski definition) is 2. The summed E-state index contributed by atoms with van der Waals surface area (Å²) in [5.74, 6) is -0.265. The molecule has 2 atom stereocenters. The van der Waals surface area contributed by atoms with Crippen LogP contribution in [0.3, 0.4) is 0 Å². The summed E-state index contributed by atoms with van der Waals surface area (Å²) >= 11 is 0. The maximum atomic E-state index is 11.5. The summed E-state index contributed by atoms with van der Waals surface area (Å²) in [6.07, 6.45) is 6.24. The van der Waals surface area contributed by atoms with Gasteiger partial charge in [0.05, 0.1) is 0 Å². The number of likely N-dealkylation sites (N-methyl/N-ethyl adjacent to an activating group) is 1. The molecule has 3 N–H and O–H groups in total. The molecule has 4 heteroatoms. The average molecular weight is 241 g/mol. The Bertz CT molecular complexity index is 257. The minimum Gasteiger partial charge on any atom is -0.368 e. The van der Waals surface area contributed by atoms with Gasteiger partial charge in [0.1, 0.15) is 5.54 Å². The van der Waals surface area contributed by atoms with Crippen molar-refractivity contribution >= 4 is 5.91 Å². The van der Waals surface area contributed by atoms with Crippen molar-refractivity contribution in [3.63, 3.8) is 0 Å². The van der Waals surface area contributed by atoms with E-state index in [1.165, 1.54) is 25.7 Å². The fourth-order valence-corrected chi connectivity index (χ4v) is 2.59. The summed E-state index contributed by atoms with van der Waals surface area (Å²) in [5.41, 5.74) is 4.88. The molecule has 0 saturated carbocycles. The van der Waals surface area contributed by atoms with Gasteiger partial charge < -0.3 is 11.1 Å². The Morgan fingerprint density at radius 1 is 1.47 bits per heavy atom. The molecule has 4 nitrogen and oxygen atoms in total. The van der Waals surface area contributed by atoms with Crippen molar-refractivity contribution in [3.05, 3.63) is 0 Å². The van der Waals surface area contributed by atoms with Crippen LogP contribution in [0.5, 0.6) is 0 Å². The van der Waals surface area contributed by atoms with E-state index in [1.807, 2.05) is 14.0 Å². The smallest absolute Gasteiger partial charge is 0.238 e. The predicted octanol–water partition coefficient (Wildman–Crippen LogP) is 1.10. The van der Waals surface area contributed by atoms with Crippen LogP contribution in [0.15, 0.2) is 0 Å². The summed E-state index contributed by atoms with van der Waals surface area (Å²) in [7, 11) is 1.81. The van der Waals surface area contributed by atoms with Gasteiger partial charge in [0.15, 0.2) is 0 Å². The SMILES string of the molecule is CCC1CCCCCN1CC(C)(NC)C(N)=O. The first-order valence-electron chi connectivity index (χ1n) is 6.76. The molecule has 2 unspecified atom stereocenters. The number of nitrogens with one attached hydrogen (secondary N) is 1. The highest BCUT2D eigenvalue weighted by Crippen LogP contribution is 2.21. The van der Waals surface area contributed by atoms with Crippen molar-refractivity contribution in [1.29, 1.82) is 0 Å². The third-order valence-electron chi connectivity index (χ3n) is 4.09. The third kappa shape index (κ3) is 3.68. The van der Waals surface area contributed by atoms with Crippen molar-refractivity contribution in [3.8, 4) is 0 Å². The van der Waals surface area contributed by atoms with Crippen molar-refractivity contribution in [2.75, 3.05) is 20.1 Å². The van der Waals surface area contributed by atoms with Crippen molar-refractivity contribution in [2.24, 2.45) is 5.73 Å². The molecule has 17 heavy (non-hydrogen) atoms. The van der Waals surface area contributed by atoms with Gasteiger partial charge in [-0.1, -0.05) is 19.8 Å². The zero-order chi connectivity index (χ0) is 12.9. The highest BCUT2D eigenvalue weighted by molar-refractivity contribution is 5.84. The van der Waals surface area contributed by atoms with E-state index in [9.17, 15) is 4.79 Å². The molecule has 0 aromatic carbocycles. The monoisotopic (exact) mass is 241 g/mol. The lowest BCUT2D eigenvalue weighted by molar-refractivity contribution is -0.124. The van der Waals surface area contributed by atoms with Gasteiger partial charge in [-0.25, -0.2) is 0 Å². The van der Waals surface area contributed by atoms with E-state index in [2.05, 4.69) is 17.1 Å². The van der Waals surface area contributed by atoms with Crippen molar-refractivity contribution in [1.82, 2.24) is 10.2 Å². The number of carbonyl (C=O) groups is 1. The van der Waals surface area contributed by atoms with E-state index in [1.54, 1.807) is 0 Å². The number of likely N-dealkylation sites (tertiary alicyclic amines) is 1. The van der Waals surface area contributed by atoms with Crippen LogP contribution in [0.25, 0.3) is 0 Å². The van der Waals surface area contributed by atoms with Gasteiger partial charge in [-0.2, -0.15) is 0 Å². The van der Waals surface area contributed by atoms with Crippen LogP contribution < -0.4 is 11.1 Å². The molecule has 0 spiro atoms. The fourth-order valence-electron chi connectivity index (χ4n) is 2.59. The molecule has 1 amide bonds. The Labute approximate surface area is 105 Å². The van der Waals surface area contributed by atoms with Crippen LogP contribution >= 0.6 is 0 Å². The molecular formula is C13H27N3O. The number of nitrogens with zero attached hydrogens (tertiary/aromatic N) is 1. The first-order chi connectivity index (χ1) is 8.03. The first-order valence-corrected chi connectivity index (χ1v) is 6.76. The number of primary amides is 1. The molecule has 1 saturated heterocycles. The van der Waals surface area contributed by atoms with Gasteiger partial charge in [0.25, 0.3) is 0 Å². The highest BCUT2D eigenvalue weighted by Gasteiger charge is 2.33. The van der Waals surface area contributed by atoms with E-state index in [4.69, 9.17) is 5.73 Å². The predicted molar refractivity (Wildman–Crippen MR) is 70.8 cm³/mol. The van der Waals surface area contributed by atoms with Gasteiger partial charge in [-0.15, -0.1) is 0 Å². The standard InChI is InChI=1S/C13H27N3O/c1-4-11-8-6-5-7-9-16(11)10-13(2,15-3)12(14)17/h11,15H,4-10H2,1-3H3,(H2,14,17). The van der Waals surface area contributed by atoms with Crippen LogP contribution in [0.4, 0.5) is 0 Å². The molecule has 0 bridgehead atoms. The fraction of sp³-hybridized carbons (Fsp3) is 0.923. The van der Waals surface area contributed by atoms with Gasteiger partial charge in [0, 0.05) is 12.6 Å². The molecule has 0 aromatic rings. The number of amides is 1. The minimum absolute atomic E-state index is 0.265. The summed E-state index contributed by atoms with van der Waals surface area (Å²) < 4.78 is 0. The Balaban J connectivity index is 2.71. The molecular weight excluding hydrogens is 214 g/mol. The number of hydrogen-bond acceptors (Lipinski definition) is 3. The van der Waals surface area contributed by atoms with Crippen LogP contribution in [-0.4, -0.2) is 42.5 Å². The second-order valence-corrected chi connectivity index (χ2v) is 5.33. The lowest BCUT2D eigenvalue weighted by Crippen LogP contribution is -2.59. The van der Waals surface area contributed by atoms with E-state index >= 15 is 0 Å². The lowest BCUT2D eigenvalue weighted by Gasteiger charge is -2.36. The Morgan fingerprint density at radius 2 is 2.18 bits per heavy atom. The average Bonchev–Trinajstić information content (AvgIpc) is 2.53. The largest absolute Gasteiger partial charge is 0.368 e. The second-order valence-electron chi connectivity index (χ2n) is 5.33. The topological polar surface area (TPSA) is 58.4 Å². The van der Waals surface area contributed by atoms with Crippen molar-refractivity contribution < 1.29 is 4.79 Å². The van der Waals surface area contributed by atoms with E-state index in [-0.39, 0.29) is 5.91 Å². The molecule has 1 aliphatic rings. The quantitative estimate of drug-likeness (QED) is 0.758. The third-order valence-corrected chi connectivity index (χ3v) is 4.09. The molecule has 1 aliphatic heterocycles. The molecule has 1 fully saturated rings. The summed E-state index contributed by atoms with van der Waals surface area (Å²) in [6, 6.07) is 0.601. The summed E-state index contributed by atoms with van der Waals surface area (Å²) in [4.78, 5) is 14.0. The van der Waals surface area contributed by atoms with Gasteiger partial charge in [-0.05, 0) is 39.8 Å². The van der Waals surface area contributed by atoms with Gasteiger partial charge in [-0.3, -0.25) is 9.69 Å². The van der Waals surface area contributed by atoms with E-state index in [0.29, 0.717) is 6.04 Å². The zero-order valence-corrected chi connectivity index (χ0v) is 11.5. The second kappa shape index (κ2) is 6.36. The Hall–Kier alpha value is -0.610. The van der Waals surface area contributed by atoms with Crippen LogP contribution in [0.2, 0.25) is 0 Å². The summed E-state index contributed by atoms with van der Waals surface area (Å²) in [5, 5.41) is 3.07.